The highest BCUT2D eigenvalue weighted by Gasteiger charge is 2.09. The minimum absolute atomic E-state index is 0.233. The Labute approximate surface area is 159 Å². The molecule has 0 saturated heterocycles. The van der Waals surface area contributed by atoms with Crippen LogP contribution >= 0.6 is 0 Å². The molecule has 0 fully saturated rings. The van der Waals surface area contributed by atoms with Crippen molar-refractivity contribution < 1.29 is 9.59 Å². The van der Waals surface area contributed by atoms with E-state index in [0.29, 0.717) is 11.1 Å². The summed E-state index contributed by atoms with van der Waals surface area (Å²) in [6, 6.07) is 18.7. The van der Waals surface area contributed by atoms with Crippen molar-refractivity contribution in [2.75, 3.05) is 11.1 Å². The van der Waals surface area contributed by atoms with Crippen LogP contribution in [0.3, 0.4) is 0 Å². The zero-order valence-electron chi connectivity index (χ0n) is 15.5. The standard InChI is InChI=1S/C23H22N2O2/c1-15-10-17(6-8-21(15)24)12-18-7-9-22(16(2)11-18)25-23(27)20-5-3-4-19(13-20)14-26/h3-11,13-14H,12,24H2,1-2H3,(H,25,27). The van der Waals surface area contributed by atoms with Gasteiger partial charge in [-0.15, -0.1) is 0 Å². The largest absolute Gasteiger partial charge is 0.399 e. The molecule has 0 aliphatic carbocycles. The topological polar surface area (TPSA) is 72.2 Å². The molecule has 0 saturated carbocycles. The minimum atomic E-state index is -0.233. The molecule has 27 heavy (non-hydrogen) atoms. The van der Waals surface area contributed by atoms with Gasteiger partial charge in [-0.25, -0.2) is 0 Å². The predicted molar refractivity (Wildman–Crippen MR) is 109 cm³/mol. The molecular formula is C23H22N2O2. The second kappa shape index (κ2) is 7.87. The van der Waals surface area contributed by atoms with Gasteiger partial charge in [-0.2, -0.15) is 0 Å². The molecule has 0 spiro atoms. The highest BCUT2D eigenvalue weighted by Crippen LogP contribution is 2.21. The first-order chi connectivity index (χ1) is 13.0. The maximum absolute atomic E-state index is 12.4. The second-order valence-corrected chi connectivity index (χ2v) is 6.71. The Hall–Kier alpha value is -3.40. The van der Waals surface area contributed by atoms with Crippen LogP contribution in [-0.4, -0.2) is 12.2 Å². The van der Waals surface area contributed by atoms with Crippen LogP contribution in [0.5, 0.6) is 0 Å². The van der Waals surface area contributed by atoms with Gasteiger partial charge in [-0.05, 0) is 66.8 Å². The molecule has 0 radical (unpaired) electrons. The van der Waals surface area contributed by atoms with Gasteiger partial charge in [0.2, 0.25) is 0 Å². The van der Waals surface area contributed by atoms with E-state index in [1.54, 1.807) is 24.3 Å². The van der Waals surface area contributed by atoms with Gasteiger partial charge in [0, 0.05) is 22.5 Å². The molecule has 0 atom stereocenters. The molecule has 4 heteroatoms. The summed E-state index contributed by atoms with van der Waals surface area (Å²) in [5, 5.41) is 2.91. The monoisotopic (exact) mass is 358 g/mol. The van der Waals surface area contributed by atoms with Crippen molar-refractivity contribution >= 4 is 23.6 Å². The van der Waals surface area contributed by atoms with E-state index in [0.717, 1.165) is 40.8 Å². The first-order valence-corrected chi connectivity index (χ1v) is 8.77. The van der Waals surface area contributed by atoms with E-state index in [2.05, 4.69) is 17.4 Å². The third-order valence-corrected chi connectivity index (χ3v) is 4.57. The molecule has 0 aromatic heterocycles. The SMILES string of the molecule is Cc1cc(Cc2ccc(NC(=O)c3cccc(C=O)c3)c(C)c2)ccc1N. The van der Waals surface area contributed by atoms with Gasteiger partial charge < -0.3 is 11.1 Å². The van der Waals surface area contributed by atoms with Crippen molar-refractivity contribution in [1.82, 2.24) is 0 Å². The lowest BCUT2D eigenvalue weighted by Gasteiger charge is -2.11. The summed E-state index contributed by atoms with van der Waals surface area (Å²) in [5.74, 6) is -0.233. The first kappa shape index (κ1) is 18.4. The van der Waals surface area contributed by atoms with Crippen LogP contribution in [0.2, 0.25) is 0 Å². The molecule has 0 heterocycles. The second-order valence-electron chi connectivity index (χ2n) is 6.71. The summed E-state index contributed by atoms with van der Waals surface area (Å²) in [7, 11) is 0. The predicted octanol–water partition coefficient (Wildman–Crippen LogP) is 4.54. The zero-order chi connectivity index (χ0) is 19.4. The Kier molecular flexibility index (Phi) is 5.36. The zero-order valence-corrected chi connectivity index (χ0v) is 15.5. The quantitative estimate of drug-likeness (QED) is 0.519. The Bertz CT molecular complexity index is 1010. The van der Waals surface area contributed by atoms with Crippen LogP contribution in [0, 0.1) is 13.8 Å². The van der Waals surface area contributed by atoms with Gasteiger partial charge in [0.15, 0.2) is 0 Å². The van der Waals surface area contributed by atoms with E-state index >= 15 is 0 Å². The lowest BCUT2D eigenvalue weighted by atomic mass is 10.00. The van der Waals surface area contributed by atoms with Gasteiger partial charge in [0.25, 0.3) is 5.91 Å². The Balaban J connectivity index is 1.75. The normalized spacial score (nSPS) is 10.4. The number of carbonyl (C=O) groups is 2. The molecular weight excluding hydrogens is 336 g/mol. The molecule has 0 aliphatic rings. The molecule has 3 N–H and O–H groups in total. The van der Waals surface area contributed by atoms with Crippen LogP contribution in [-0.2, 0) is 6.42 Å². The molecule has 0 bridgehead atoms. The van der Waals surface area contributed by atoms with Crippen LogP contribution in [0.4, 0.5) is 11.4 Å². The van der Waals surface area contributed by atoms with Crippen molar-refractivity contribution in [2.45, 2.75) is 20.3 Å². The van der Waals surface area contributed by atoms with Crippen molar-refractivity contribution in [3.8, 4) is 0 Å². The average molecular weight is 358 g/mol. The number of benzene rings is 3. The van der Waals surface area contributed by atoms with Crippen LogP contribution < -0.4 is 11.1 Å². The number of rotatable bonds is 5. The molecule has 0 unspecified atom stereocenters. The third kappa shape index (κ3) is 4.42. The van der Waals surface area contributed by atoms with Gasteiger partial charge in [-0.1, -0.05) is 36.4 Å². The first-order valence-electron chi connectivity index (χ1n) is 8.77. The number of anilines is 2. The van der Waals surface area contributed by atoms with Crippen molar-refractivity contribution in [1.29, 1.82) is 0 Å². The van der Waals surface area contributed by atoms with E-state index < -0.39 is 0 Å². The third-order valence-electron chi connectivity index (χ3n) is 4.57. The number of nitrogen functional groups attached to an aromatic ring is 1. The van der Waals surface area contributed by atoms with Crippen molar-refractivity contribution in [3.63, 3.8) is 0 Å². The molecule has 0 aliphatic heterocycles. The Morgan fingerprint density at radius 3 is 2.33 bits per heavy atom. The maximum atomic E-state index is 12.4. The summed E-state index contributed by atoms with van der Waals surface area (Å²) >= 11 is 0. The fourth-order valence-electron chi connectivity index (χ4n) is 3.01. The van der Waals surface area contributed by atoms with E-state index in [1.165, 1.54) is 5.56 Å². The Morgan fingerprint density at radius 1 is 0.963 bits per heavy atom. The summed E-state index contributed by atoms with van der Waals surface area (Å²) < 4.78 is 0. The smallest absolute Gasteiger partial charge is 0.255 e. The summed E-state index contributed by atoms with van der Waals surface area (Å²) in [4.78, 5) is 23.3. The fourth-order valence-corrected chi connectivity index (χ4v) is 3.01. The van der Waals surface area contributed by atoms with E-state index in [9.17, 15) is 9.59 Å². The summed E-state index contributed by atoms with van der Waals surface area (Å²) in [5.41, 5.74) is 12.8. The lowest BCUT2D eigenvalue weighted by Crippen LogP contribution is -2.13. The summed E-state index contributed by atoms with van der Waals surface area (Å²) in [6.07, 6.45) is 1.54. The van der Waals surface area contributed by atoms with Crippen molar-refractivity contribution in [3.05, 3.63) is 94.0 Å². The maximum Gasteiger partial charge on any atom is 0.255 e. The molecule has 4 nitrogen and oxygen atoms in total. The number of nitrogens with two attached hydrogens (primary N) is 1. The highest BCUT2D eigenvalue weighted by atomic mass is 16.1. The minimum Gasteiger partial charge on any atom is -0.399 e. The molecule has 1 amide bonds. The molecule has 136 valence electrons. The fraction of sp³-hybridized carbons (Fsp3) is 0.130. The van der Waals surface area contributed by atoms with Crippen LogP contribution in [0.25, 0.3) is 0 Å². The molecule has 3 aromatic carbocycles. The van der Waals surface area contributed by atoms with Gasteiger partial charge >= 0.3 is 0 Å². The number of hydrogen-bond donors (Lipinski definition) is 2. The van der Waals surface area contributed by atoms with E-state index in [1.807, 2.05) is 38.1 Å². The average Bonchev–Trinajstić information content (AvgIpc) is 2.67. The van der Waals surface area contributed by atoms with Crippen LogP contribution in [0.1, 0.15) is 43.0 Å². The number of aldehydes is 1. The van der Waals surface area contributed by atoms with Gasteiger partial charge in [0.1, 0.15) is 6.29 Å². The van der Waals surface area contributed by atoms with Crippen LogP contribution in [0.15, 0.2) is 60.7 Å². The highest BCUT2D eigenvalue weighted by molar-refractivity contribution is 6.05. The molecule has 3 rings (SSSR count). The lowest BCUT2D eigenvalue weighted by molar-refractivity contribution is 0.102. The Morgan fingerprint density at radius 2 is 1.67 bits per heavy atom. The van der Waals surface area contributed by atoms with Crippen molar-refractivity contribution in [2.24, 2.45) is 0 Å². The number of carbonyl (C=O) groups excluding carboxylic acids is 2. The number of aryl methyl sites for hydroxylation is 2. The van der Waals surface area contributed by atoms with Gasteiger partial charge in [-0.3, -0.25) is 9.59 Å². The van der Waals surface area contributed by atoms with E-state index in [4.69, 9.17) is 5.73 Å². The number of amides is 1. The summed E-state index contributed by atoms with van der Waals surface area (Å²) in [6.45, 7) is 3.97. The van der Waals surface area contributed by atoms with E-state index in [-0.39, 0.29) is 5.91 Å². The number of hydrogen-bond acceptors (Lipinski definition) is 3. The number of nitrogens with one attached hydrogen (secondary N) is 1. The van der Waals surface area contributed by atoms with Gasteiger partial charge in [0.05, 0.1) is 0 Å². The molecule has 3 aromatic rings.